The molecular weight excluding hydrogens is 342 g/mol. The number of hydrogen-bond acceptors (Lipinski definition) is 1. The molecule has 1 aliphatic rings. The molecule has 0 aliphatic heterocycles. The zero-order valence-corrected chi connectivity index (χ0v) is 16.0. The van der Waals surface area contributed by atoms with Crippen LogP contribution in [0.1, 0.15) is 61.6 Å². The second-order valence-corrected chi connectivity index (χ2v) is 7.32. The second-order valence-electron chi connectivity index (χ2n) is 7.32. The lowest BCUT2D eigenvalue weighted by Crippen LogP contribution is -2.12. The minimum absolute atomic E-state index is 0.0430. The van der Waals surface area contributed by atoms with Crippen molar-refractivity contribution in [3.05, 3.63) is 64.7 Å². The molecule has 3 heteroatoms. The Balaban J connectivity index is 1.62. The molecule has 1 saturated carbocycles. The van der Waals surface area contributed by atoms with Crippen LogP contribution in [-0.4, -0.2) is 6.61 Å². The molecule has 0 N–H and O–H groups in total. The van der Waals surface area contributed by atoms with Crippen molar-refractivity contribution in [2.45, 2.75) is 51.9 Å². The predicted octanol–water partition coefficient (Wildman–Crippen LogP) is 6.39. The molecule has 1 fully saturated rings. The third-order valence-corrected chi connectivity index (χ3v) is 5.20. The number of rotatable bonds is 4. The molecular formula is C24H26F2O. The minimum atomic E-state index is -0.946. The van der Waals surface area contributed by atoms with Crippen LogP contribution in [0.15, 0.2) is 36.4 Å². The number of benzene rings is 2. The summed E-state index contributed by atoms with van der Waals surface area (Å²) in [4.78, 5) is 0. The van der Waals surface area contributed by atoms with Crippen LogP contribution in [0.3, 0.4) is 0 Å². The Morgan fingerprint density at radius 3 is 2.33 bits per heavy atom. The van der Waals surface area contributed by atoms with Crippen LogP contribution in [-0.2, 0) is 0 Å². The first-order valence-corrected chi connectivity index (χ1v) is 9.77. The molecule has 0 bridgehead atoms. The average Bonchev–Trinajstić information content (AvgIpc) is 2.69. The van der Waals surface area contributed by atoms with Crippen molar-refractivity contribution < 1.29 is 13.5 Å². The molecule has 0 atom stereocenters. The number of aryl methyl sites for hydroxylation is 1. The molecule has 0 amide bonds. The molecule has 0 saturated heterocycles. The highest BCUT2D eigenvalue weighted by Crippen LogP contribution is 2.35. The van der Waals surface area contributed by atoms with Crippen LogP contribution in [0.4, 0.5) is 8.78 Å². The lowest BCUT2D eigenvalue weighted by Gasteiger charge is -2.26. The van der Waals surface area contributed by atoms with Gasteiger partial charge in [-0.15, -0.1) is 0 Å². The topological polar surface area (TPSA) is 9.23 Å². The van der Waals surface area contributed by atoms with Gasteiger partial charge < -0.3 is 4.74 Å². The molecule has 0 radical (unpaired) electrons. The van der Waals surface area contributed by atoms with Crippen molar-refractivity contribution in [2.75, 3.05) is 6.61 Å². The number of hydrogen-bond donors (Lipinski definition) is 0. The van der Waals surface area contributed by atoms with Crippen LogP contribution in [0, 0.1) is 36.3 Å². The Kier molecular flexibility index (Phi) is 6.50. The third-order valence-electron chi connectivity index (χ3n) is 5.20. The first-order chi connectivity index (χ1) is 13.1. The second kappa shape index (κ2) is 9.04. The fraction of sp³-hybridized carbons (Fsp3) is 0.417. The van der Waals surface area contributed by atoms with Gasteiger partial charge in [-0.05, 0) is 62.6 Å². The quantitative estimate of drug-likeness (QED) is 0.568. The van der Waals surface area contributed by atoms with E-state index in [-0.39, 0.29) is 17.2 Å². The van der Waals surface area contributed by atoms with E-state index in [1.165, 1.54) is 23.3 Å². The van der Waals surface area contributed by atoms with Gasteiger partial charge in [-0.25, -0.2) is 4.39 Å². The predicted molar refractivity (Wildman–Crippen MR) is 105 cm³/mol. The Hall–Kier alpha value is -2.34. The minimum Gasteiger partial charge on any atom is -0.490 e. The van der Waals surface area contributed by atoms with Crippen LogP contribution >= 0.6 is 0 Å². The summed E-state index contributed by atoms with van der Waals surface area (Å²) in [6, 6.07) is 11.7. The van der Waals surface area contributed by atoms with Crippen LogP contribution < -0.4 is 4.74 Å². The van der Waals surface area contributed by atoms with E-state index in [0.717, 1.165) is 32.1 Å². The van der Waals surface area contributed by atoms with E-state index in [2.05, 4.69) is 43.0 Å². The lowest BCUT2D eigenvalue weighted by atomic mass is 9.79. The normalized spacial score (nSPS) is 19.3. The van der Waals surface area contributed by atoms with E-state index in [1.807, 2.05) is 6.92 Å². The first-order valence-electron chi connectivity index (χ1n) is 9.77. The maximum Gasteiger partial charge on any atom is 0.201 e. The van der Waals surface area contributed by atoms with Crippen molar-refractivity contribution in [2.24, 2.45) is 5.92 Å². The van der Waals surface area contributed by atoms with E-state index in [9.17, 15) is 8.78 Å². The SMILES string of the molecule is CCCOc1ccc(C#CC2CCC(c3ccc(C)cc3)CC2)c(F)c1F. The van der Waals surface area contributed by atoms with E-state index in [4.69, 9.17) is 4.74 Å². The van der Waals surface area contributed by atoms with Gasteiger partial charge in [0.1, 0.15) is 0 Å². The fourth-order valence-corrected chi connectivity index (χ4v) is 3.54. The van der Waals surface area contributed by atoms with Gasteiger partial charge in [0.15, 0.2) is 11.6 Å². The molecule has 1 nitrogen and oxygen atoms in total. The summed E-state index contributed by atoms with van der Waals surface area (Å²) in [6.45, 7) is 4.38. The van der Waals surface area contributed by atoms with Gasteiger partial charge in [-0.3, -0.25) is 0 Å². The Morgan fingerprint density at radius 2 is 1.67 bits per heavy atom. The molecule has 1 aliphatic carbocycles. The van der Waals surface area contributed by atoms with Gasteiger partial charge in [-0.2, -0.15) is 4.39 Å². The summed E-state index contributed by atoms with van der Waals surface area (Å²) in [6.07, 6.45) is 4.90. The highest BCUT2D eigenvalue weighted by atomic mass is 19.2. The molecule has 0 unspecified atom stereocenters. The van der Waals surface area contributed by atoms with Crippen LogP contribution in [0.5, 0.6) is 5.75 Å². The van der Waals surface area contributed by atoms with Gasteiger partial charge in [0.05, 0.1) is 12.2 Å². The van der Waals surface area contributed by atoms with Crippen LogP contribution in [0.25, 0.3) is 0 Å². The Labute approximate surface area is 160 Å². The van der Waals surface area contributed by atoms with Gasteiger partial charge in [0.2, 0.25) is 5.82 Å². The molecule has 2 aromatic rings. The highest BCUT2D eigenvalue weighted by molar-refractivity contribution is 5.41. The average molecular weight is 368 g/mol. The summed E-state index contributed by atoms with van der Waals surface area (Å²) in [7, 11) is 0. The third kappa shape index (κ3) is 4.89. The van der Waals surface area contributed by atoms with Crippen molar-refractivity contribution in [3.63, 3.8) is 0 Å². The van der Waals surface area contributed by atoms with E-state index < -0.39 is 11.6 Å². The van der Waals surface area contributed by atoms with E-state index >= 15 is 0 Å². The lowest BCUT2D eigenvalue weighted by molar-refractivity contribution is 0.295. The molecule has 27 heavy (non-hydrogen) atoms. The van der Waals surface area contributed by atoms with Crippen molar-refractivity contribution >= 4 is 0 Å². The van der Waals surface area contributed by atoms with Crippen molar-refractivity contribution in [1.82, 2.24) is 0 Å². The summed E-state index contributed by atoms with van der Waals surface area (Å²) in [5, 5.41) is 0. The first kappa shape index (κ1) is 19.4. The van der Waals surface area contributed by atoms with Gasteiger partial charge >= 0.3 is 0 Å². The Morgan fingerprint density at radius 1 is 0.963 bits per heavy atom. The monoisotopic (exact) mass is 368 g/mol. The zero-order valence-electron chi connectivity index (χ0n) is 16.0. The van der Waals surface area contributed by atoms with Crippen LogP contribution in [0.2, 0.25) is 0 Å². The molecule has 0 heterocycles. The largest absolute Gasteiger partial charge is 0.490 e. The molecule has 0 aromatic heterocycles. The molecule has 0 spiro atoms. The van der Waals surface area contributed by atoms with Gasteiger partial charge in [-0.1, -0.05) is 48.6 Å². The molecule has 2 aromatic carbocycles. The van der Waals surface area contributed by atoms with E-state index in [1.54, 1.807) is 0 Å². The maximum absolute atomic E-state index is 14.2. The van der Waals surface area contributed by atoms with Crippen molar-refractivity contribution in [3.8, 4) is 17.6 Å². The summed E-state index contributed by atoms with van der Waals surface area (Å²) < 4.78 is 33.5. The fourth-order valence-electron chi connectivity index (χ4n) is 3.54. The zero-order chi connectivity index (χ0) is 19.2. The number of ether oxygens (including phenoxy) is 1. The van der Waals surface area contributed by atoms with E-state index in [0.29, 0.717) is 12.5 Å². The van der Waals surface area contributed by atoms with Gasteiger partial charge in [0.25, 0.3) is 0 Å². The standard InChI is InChI=1S/C24H26F2O/c1-3-16-27-22-15-14-21(23(25)24(22)26)13-8-18-6-11-20(12-7-18)19-9-4-17(2)5-10-19/h4-5,9-10,14-15,18,20H,3,6-7,11-12,16H2,1-2H3. The smallest absolute Gasteiger partial charge is 0.201 e. The van der Waals surface area contributed by atoms with Gasteiger partial charge in [0, 0.05) is 5.92 Å². The summed E-state index contributed by atoms with van der Waals surface area (Å²) >= 11 is 0. The molecule has 142 valence electrons. The summed E-state index contributed by atoms with van der Waals surface area (Å²) in [5.41, 5.74) is 2.78. The summed E-state index contributed by atoms with van der Waals surface area (Å²) in [5.74, 6) is 4.92. The number of halogens is 2. The maximum atomic E-state index is 14.2. The Bertz CT molecular complexity index is 822. The highest BCUT2D eigenvalue weighted by Gasteiger charge is 2.21. The van der Waals surface area contributed by atoms with Crippen molar-refractivity contribution in [1.29, 1.82) is 0 Å². The molecule has 3 rings (SSSR count).